The van der Waals surface area contributed by atoms with Gasteiger partial charge in [-0.25, -0.2) is 0 Å². The first-order valence-corrected chi connectivity index (χ1v) is 5.44. The summed E-state index contributed by atoms with van der Waals surface area (Å²) in [5.41, 5.74) is 0.664. The highest BCUT2D eigenvalue weighted by Crippen LogP contribution is 2.28. The lowest BCUT2D eigenvalue weighted by molar-refractivity contribution is 0.166. The van der Waals surface area contributed by atoms with Crippen molar-refractivity contribution in [1.29, 1.82) is 0 Å². The fraction of sp³-hybridized carbons (Fsp3) is 0.500. The molecule has 1 unspecified atom stereocenters. The lowest BCUT2D eigenvalue weighted by Gasteiger charge is -2.16. The Balaban J connectivity index is 2.78. The Labute approximate surface area is 101 Å². The van der Waals surface area contributed by atoms with E-state index in [4.69, 9.17) is 14.6 Å². The number of aliphatic hydroxyl groups is 2. The van der Waals surface area contributed by atoms with Crippen LogP contribution in [0.4, 0.5) is 0 Å². The Morgan fingerprint density at radius 1 is 1.29 bits per heavy atom. The molecule has 0 amide bonds. The van der Waals surface area contributed by atoms with E-state index in [0.717, 1.165) is 0 Å². The molecular formula is C12H19NO4. The molecule has 96 valence electrons. The fourth-order valence-electron chi connectivity index (χ4n) is 1.53. The summed E-state index contributed by atoms with van der Waals surface area (Å²) < 4.78 is 10.3. The van der Waals surface area contributed by atoms with E-state index < -0.39 is 6.10 Å². The second-order valence-corrected chi connectivity index (χ2v) is 3.55. The number of aliphatic hydroxyl groups excluding tert-OH is 2. The molecule has 0 heterocycles. The number of rotatable bonds is 7. The van der Waals surface area contributed by atoms with Crippen molar-refractivity contribution in [3.05, 3.63) is 23.8 Å². The molecule has 5 nitrogen and oxygen atoms in total. The number of ether oxygens (including phenoxy) is 2. The predicted octanol–water partition coefficient (Wildman–Crippen LogP) is 0.319. The van der Waals surface area contributed by atoms with Crippen molar-refractivity contribution in [3.63, 3.8) is 0 Å². The first-order valence-electron chi connectivity index (χ1n) is 5.44. The number of benzene rings is 1. The van der Waals surface area contributed by atoms with E-state index in [1.807, 2.05) is 0 Å². The third kappa shape index (κ3) is 3.89. The smallest absolute Gasteiger partial charge is 0.124 e. The van der Waals surface area contributed by atoms with Gasteiger partial charge in [0.1, 0.15) is 11.5 Å². The molecule has 17 heavy (non-hydrogen) atoms. The maximum atomic E-state index is 10.00. The van der Waals surface area contributed by atoms with Crippen LogP contribution in [-0.4, -0.2) is 44.1 Å². The Morgan fingerprint density at radius 3 is 2.65 bits per heavy atom. The molecule has 0 aliphatic carbocycles. The summed E-state index contributed by atoms with van der Waals surface area (Å²) in [5, 5.41) is 21.6. The van der Waals surface area contributed by atoms with Crippen LogP contribution in [-0.2, 0) is 0 Å². The Kier molecular flexibility index (Phi) is 5.76. The lowest BCUT2D eigenvalue weighted by Crippen LogP contribution is -2.24. The normalized spacial score (nSPS) is 12.2. The molecule has 3 N–H and O–H groups in total. The highest BCUT2D eigenvalue weighted by molar-refractivity contribution is 5.41. The zero-order valence-electron chi connectivity index (χ0n) is 10.1. The molecule has 5 heteroatoms. The molecule has 0 aromatic heterocycles. The van der Waals surface area contributed by atoms with Crippen LogP contribution >= 0.6 is 0 Å². The first kappa shape index (κ1) is 13.8. The lowest BCUT2D eigenvalue weighted by atomic mass is 10.1. The minimum Gasteiger partial charge on any atom is -0.497 e. The van der Waals surface area contributed by atoms with Gasteiger partial charge in [0.2, 0.25) is 0 Å². The van der Waals surface area contributed by atoms with Gasteiger partial charge in [-0.15, -0.1) is 0 Å². The van der Waals surface area contributed by atoms with E-state index in [1.165, 1.54) is 0 Å². The zero-order chi connectivity index (χ0) is 12.7. The van der Waals surface area contributed by atoms with Crippen molar-refractivity contribution in [1.82, 2.24) is 5.32 Å². The Morgan fingerprint density at radius 2 is 2.06 bits per heavy atom. The minimum absolute atomic E-state index is 0.0436. The summed E-state index contributed by atoms with van der Waals surface area (Å²) in [6.45, 7) is 0.843. The van der Waals surface area contributed by atoms with Crippen LogP contribution in [0.5, 0.6) is 11.5 Å². The number of hydrogen-bond acceptors (Lipinski definition) is 5. The molecule has 0 saturated heterocycles. The van der Waals surface area contributed by atoms with Crippen molar-refractivity contribution >= 4 is 0 Å². The summed E-state index contributed by atoms with van der Waals surface area (Å²) in [7, 11) is 3.13. The van der Waals surface area contributed by atoms with Crippen molar-refractivity contribution in [2.75, 3.05) is 33.9 Å². The SMILES string of the molecule is COc1ccc(OC)c(C(O)CNCCO)c1. The number of hydrogen-bond donors (Lipinski definition) is 3. The number of methoxy groups -OCH3 is 2. The fourth-order valence-corrected chi connectivity index (χ4v) is 1.53. The maximum absolute atomic E-state index is 10.00. The van der Waals surface area contributed by atoms with Gasteiger partial charge >= 0.3 is 0 Å². The highest BCUT2D eigenvalue weighted by Gasteiger charge is 2.13. The average molecular weight is 241 g/mol. The van der Waals surface area contributed by atoms with E-state index in [-0.39, 0.29) is 6.61 Å². The Bertz CT molecular complexity index is 343. The summed E-state index contributed by atoms with van der Waals surface area (Å²) in [6.07, 6.45) is -0.702. The van der Waals surface area contributed by atoms with Crippen LogP contribution in [0.3, 0.4) is 0 Å². The molecule has 0 spiro atoms. The topological polar surface area (TPSA) is 71.0 Å². The molecule has 0 bridgehead atoms. The van der Waals surface area contributed by atoms with E-state index in [0.29, 0.717) is 30.2 Å². The van der Waals surface area contributed by atoms with Crippen LogP contribution < -0.4 is 14.8 Å². The molecule has 1 aromatic carbocycles. The van der Waals surface area contributed by atoms with Gasteiger partial charge in [-0.05, 0) is 18.2 Å². The van der Waals surface area contributed by atoms with Crippen molar-refractivity contribution in [2.24, 2.45) is 0 Å². The van der Waals surface area contributed by atoms with E-state index >= 15 is 0 Å². The van der Waals surface area contributed by atoms with Crippen molar-refractivity contribution < 1.29 is 19.7 Å². The molecule has 1 atom stereocenters. The maximum Gasteiger partial charge on any atom is 0.124 e. The molecular weight excluding hydrogens is 222 g/mol. The zero-order valence-corrected chi connectivity index (χ0v) is 10.1. The second-order valence-electron chi connectivity index (χ2n) is 3.55. The molecule has 0 saturated carbocycles. The quantitative estimate of drug-likeness (QED) is 0.600. The van der Waals surface area contributed by atoms with Gasteiger partial charge in [-0.1, -0.05) is 0 Å². The third-order valence-electron chi connectivity index (χ3n) is 2.42. The van der Waals surface area contributed by atoms with Gasteiger partial charge in [-0.2, -0.15) is 0 Å². The molecule has 1 rings (SSSR count). The van der Waals surface area contributed by atoms with Crippen LogP contribution in [0.25, 0.3) is 0 Å². The van der Waals surface area contributed by atoms with Crippen LogP contribution in [0.1, 0.15) is 11.7 Å². The summed E-state index contributed by atoms with van der Waals surface area (Å²) in [5.74, 6) is 1.28. The highest BCUT2D eigenvalue weighted by atomic mass is 16.5. The second kappa shape index (κ2) is 7.11. The number of nitrogens with one attached hydrogen (secondary N) is 1. The standard InChI is InChI=1S/C12H19NO4/c1-16-9-3-4-12(17-2)10(7-9)11(15)8-13-5-6-14/h3-4,7,11,13-15H,5-6,8H2,1-2H3. The van der Waals surface area contributed by atoms with Crippen LogP contribution in [0, 0.1) is 0 Å². The van der Waals surface area contributed by atoms with E-state index in [1.54, 1.807) is 32.4 Å². The summed E-state index contributed by atoms with van der Waals surface area (Å²) in [4.78, 5) is 0. The van der Waals surface area contributed by atoms with Gasteiger partial charge in [-0.3, -0.25) is 0 Å². The minimum atomic E-state index is -0.702. The summed E-state index contributed by atoms with van der Waals surface area (Å²) in [6, 6.07) is 5.27. The predicted molar refractivity (Wildman–Crippen MR) is 64.5 cm³/mol. The molecule has 0 fully saturated rings. The Hall–Kier alpha value is -1.30. The summed E-state index contributed by atoms with van der Waals surface area (Å²) >= 11 is 0. The van der Waals surface area contributed by atoms with E-state index in [2.05, 4.69) is 5.32 Å². The van der Waals surface area contributed by atoms with Crippen LogP contribution in [0.2, 0.25) is 0 Å². The third-order valence-corrected chi connectivity index (χ3v) is 2.42. The molecule has 1 aromatic rings. The molecule has 0 aliphatic heterocycles. The van der Waals surface area contributed by atoms with Gasteiger partial charge in [0.15, 0.2) is 0 Å². The largest absolute Gasteiger partial charge is 0.497 e. The van der Waals surface area contributed by atoms with Crippen molar-refractivity contribution in [2.45, 2.75) is 6.10 Å². The van der Waals surface area contributed by atoms with Gasteiger partial charge in [0.25, 0.3) is 0 Å². The van der Waals surface area contributed by atoms with Crippen molar-refractivity contribution in [3.8, 4) is 11.5 Å². The molecule has 0 aliphatic rings. The first-order chi connectivity index (χ1) is 8.22. The van der Waals surface area contributed by atoms with Gasteiger partial charge < -0.3 is 25.0 Å². The van der Waals surface area contributed by atoms with Gasteiger partial charge in [0.05, 0.1) is 26.9 Å². The van der Waals surface area contributed by atoms with Gasteiger partial charge in [0, 0.05) is 18.7 Å². The molecule has 0 radical (unpaired) electrons. The van der Waals surface area contributed by atoms with E-state index in [9.17, 15) is 5.11 Å². The van der Waals surface area contributed by atoms with Crippen LogP contribution in [0.15, 0.2) is 18.2 Å². The monoisotopic (exact) mass is 241 g/mol. The average Bonchev–Trinajstić information content (AvgIpc) is 2.38.